The molecule has 0 radical (unpaired) electrons. The Morgan fingerprint density at radius 3 is 2.17 bits per heavy atom. The fourth-order valence-electron chi connectivity index (χ4n) is 5.07. The maximum atomic E-state index is 13.7. The Morgan fingerprint density at radius 2 is 1.61 bits per heavy atom. The molecule has 4 rings (SSSR count). The van der Waals surface area contributed by atoms with Crippen LogP contribution >= 0.6 is 11.6 Å². The summed E-state index contributed by atoms with van der Waals surface area (Å²) in [6.45, 7) is 5.22. The number of anilines is 2. The molecule has 13 heteroatoms. The number of amides is 1. The third-order valence-corrected chi connectivity index (χ3v) is 9.59. The average molecular weight is 618 g/mol. The monoisotopic (exact) mass is 617 g/mol. The van der Waals surface area contributed by atoms with Gasteiger partial charge in [-0.3, -0.25) is 9.69 Å². The van der Waals surface area contributed by atoms with Gasteiger partial charge < -0.3 is 15.1 Å². The molecule has 0 aromatic heterocycles. The lowest BCUT2D eigenvalue weighted by Crippen LogP contribution is -2.48. The van der Waals surface area contributed by atoms with Crippen LogP contribution in [0.5, 0.6) is 0 Å². The maximum Gasteiger partial charge on any atom is 0.417 e. The first-order valence-corrected chi connectivity index (χ1v) is 15.1. The smallest absolute Gasteiger partial charge is 0.382 e. The molecule has 1 N–H and O–H groups in total. The highest BCUT2D eigenvalue weighted by atomic mass is 35.5. The first kappa shape index (κ1) is 33.0. The van der Waals surface area contributed by atoms with Crippen LogP contribution in [0, 0.1) is 0 Å². The average Bonchev–Trinajstić information content (AvgIpc) is 2.92. The van der Waals surface area contributed by atoms with Crippen molar-refractivity contribution in [2.24, 2.45) is 0 Å². The van der Waals surface area contributed by atoms with Gasteiger partial charge in [-0.05, 0) is 55.3 Å². The van der Waals surface area contributed by atoms with Crippen LogP contribution in [0.2, 0.25) is 5.02 Å². The normalized spacial score (nSPS) is 17.4. The van der Waals surface area contributed by atoms with Gasteiger partial charge in [0, 0.05) is 88.8 Å². The summed E-state index contributed by atoms with van der Waals surface area (Å²) in [6, 6.07) is 10.9. The number of nitrogens with one attached hydrogen (secondary N) is 1. The number of benzene rings is 2. The maximum absolute atomic E-state index is 13.7. The van der Waals surface area contributed by atoms with Crippen LogP contribution in [0.1, 0.15) is 32.3 Å². The first-order valence-electron chi connectivity index (χ1n) is 13.3. The van der Waals surface area contributed by atoms with E-state index >= 15 is 0 Å². The zero-order valence-corrected chi connectivity index (χ0v) is 24.2. The summed E-state index contributed by atoms with van der Waals surface area (Å²) in [4.78, 5) is 18.5. The molecule has 0 unspecified atom stereocenters. The molecule has 0 saturated carbocycles. The summed E-state index contributed by atoms with van der Waals surface area (Å²) >= 11 is 5.98. The number of carbonyl (C=O) groups excluding carboxylic acids is 1. The van der Waals surface area contributed by atoms with Crippen molar-refractivity contribution in [3.8, 4) is 0 Å². The molecule has 1 amide bonds. The van der Waals surface area contributed by atoms with Crippen molar-refractivity contribution in [3.63, 3.8) is 0 Å². The van der Waals surface area contributed by atoms with Crippen LogP contribution in [0.3, 0.4) is 0 Å². The minimum absolute atomic E-state index is 0. The second kappa shape index (κ2) is 13.6. The fraction of sp³-hybridized carbons (Fsp3) is 0.536. The molecular formula is C28H39ClF3N5O3S. The molecule has 41 heavy (non-hydrogen) atoms. The number of halogens is 4. The van der Waals surface area contributed by atoms with Crippen molar-refractivity contribution >= 4 is 38.9 Å². The lowest BCUT2D eigenvalue weighted by molar-refractivity contribution is -0.140. The molecule has 2 aromatic carbocycles. The van der Waals surface area contributed by atoms with Crippen LogP contribution in [0.25, 0.3) is 0 Å². The number of piperazine rings is 1. The number of nitrogens with zero attached hydrogens (tertiary/aromatic N) is 4. The number of hydrogen-bond donors (Lipinski definition) is 1. The molecule has 2 heterocycles. The summed E-state index contributed by atoms with van der Waals surface area (Å²) in [5.74, 6) is 0.0798. The van der Waals surface area contributed by atoms with Gasteiger partial charge in [-0.1, -0.05) is 19.0 Å². The van der Waals surface area contributed by atoms with Crippen molar-refractivity contribution in [2.45, 2.75) is 43.8 Å². The van der Waals surface area contributed by atoms with E-state index in [1.54, 1.807) is 0 Å². The lowest BCUT2D eigenvalue weighted by atomic mass is 10.0. The SMILES string of the molecule is C.CN(C)S(=O)(=O)c1ccc(NC2CCN(C(=O)CCN3CCN(c4ccc(Cl)cc4)CC3)CC2)cc1C(F)(F)F. The van der Waals surface area contributed by atoms with Gasteiger partial charge in [0.25, 0.3) is 0 Å². The van der Waals surface area contributed by atoms with Gasteiger partial charge in [0.2, 0.25) is 15.9 Å². The van der Waals surface area contributed by atoms with Crippen molar-refractivity contribution in [1.29, 1.82) is 0 Å². The quantitative estimate of drug-likeness (QED) is 0.456. The number of alkyl halides is 3. The van der Waals surface area contributed by atoms with E-state index in [-0.39, 0.29) is 25.1 Å². The largest absolute Gasteiger partial charge is 0.417 e. The highest BCUT2D eigenvalue weighted by Gasteiger charge is 2.38. The van der Waals surface area contributed by atoms with Gasteiger partial charge in [0.15, 0.2) is 0 Å². The Hall–Kier alpha value is -2.54. The summed E-state index contributed by atoms with van der Waals surface area (Å²) in [5.41, 5.74) is 0.140. The second-order valence-corrected chi connectivity index (χ2v) is 12.9. The molecular weight excluding hydrogens is 579 g/mol. The molecule has 2 fully saturated rings. The first-order chi connectivity index (χ1) is 18.8. The zero-order valence-electron chi connectivity index (χ0n) is 22.6. The van der Waals surface area contributed by atoms with Gasteiger partial charge in [-0.15, -0.1) is 0 Å². The number of carbonyl (C=O) groups is 1. The molecule has 2 aliphatic heterocycles. The van der Waals surface area contributed by atoms with Gasteiger partial charge in [-0.25, -0.2) is 12.7 Å². The van der Waals surface area contributed by atoms with Crippen molar-refractivity contribution < 1.29 is 26.4 Å². The van der Waals surface area contributed by atoms with Crippen molar-refractivity contribution in [1.82, 2.24) is 14.1 Å². The van der Waals surface area contributed by atoms with E-state index in [0.717, 1.165) is 48.3 Å². The Kier molecular flexibility index (Phi) is 11.0. The highest BCUT2D eigenvalue weighted by Crippen LogP contribution is 2.37. The van der Waals surface area contributed by atoms with Gasteiger partial charge >= 0.3 is 6.18 Å². The Balaban J connectivity index is 0.00000462. The number of likely N-dealkylation sites (tertiary alicyclic amines) is 1. The number of sulfonamides is 1. The fourth-order valence-corrected chi connectivity index (χ4v) is 6.28. The number of rotatable bonds is 8. The summed E-state index contributed by atoms with van der Waals surface area (Å²) in [5, 5.41) is 3.81. The third-order valence-electron chi connectivity index (χ3n) is 7.47. The van der Waals surface area contributed by atoms with Gasteiger partial charge in [0.1, 0.15) is 0 Å². The van der Waals surface area contributed by atoms with Crippen LogP contribution in [0.15, 0.2) is 47.4 Å². The molecule has 2 aromatic rings. The molecule has 0 atom stereocenters. The minimum atomic E-state index is -4.83. The van der Waals surface area contributed by atoms with Crippen molar-refractivity contribution in [3.05, 3.63) is 53.1 Å². The zero-order chi connectivity index (χ0) is 29.1. The Morgan fingerprint density at radius 1 is 1.00 bits per heavy atom. The summed E-state index contributed by atoms with van der Waals surface area (Å²) < 4.78 is 66.6. The Bertz CT molecular complexity index is 1280. The molecule has 2 saturated heterocycles. The van der Waals surface area contributed by atoms with E-state index in [0.29, 0.717) is 43.9 Å². The van der Waals surface area contributed by atoms with Crippen LogP contribution in [-0.2, 0) is 21.0 Å². The Labute approximate surface area is 246 Å². The molecule has 228 valence electrons. The topological polar surface area (TPSA) is 76.2 Å². The molecule has 0 spiro atoms. The van der Waals surface area contributed by atoms with E-state index in [9.17, 15) is 26.4 Å². The summed E-state index contributed by atoms with van der Waals surface area (Å²) in [7, 11) is -1.87. The predicted molar refractivity (Wildman–Crippen MR) is 157 cm³/mol. The van der Waals surface area contributed by atoms with Gasteiger partial charge in [-0.2, -0.15) is 13.2 Å². The van der Waals surface area contributed by atoms with Crippen molar-refractivity contribution in [2.75, 3.05) is 70.1 Å². The third kappa shape index (κ3) is 8.27. The molecule has 0 aliphatic carbocycles. The predicted octanol–water partition coefficient (Wildman–Crippen LogP) is 4.86. The number of hydrogen-bond acceptors (Lipinski definition) is 6. The molecule has 2 aliphatic rings. The van der Waals surface area contributed by atoms with Gasteiger partial charge in [0.05, 0.1) is 10.5 Å². The van der Waals surface area contributed by atoms with E-state index in [1.807, 2.05) is 29.2 Å². The van der Waals surface area contributed by atoms with E-state index in [4.69, 9.17) is 11.6 Å². The van der Waals surface area contributed by atoms with E-state index < -0.39 is 26.7 Å². The molecule has 0 bridgehead atoms. The van der Waals surface area contributed by atoms with Crippen LogP contribution < -0.4 is 10.2 Å². The minimum Gasteiger partial charge on any atom is -0.382 e. The van der Waals surface area contributed by atoms with E-state index in [1.165, 1.54) is 20.2 Å². The lowest BCUT2D eigenvalue weighted by Gasteiger charge is -2.37. The molecule has 8 nitrogen and oxygen atoms in total. The number of piperidine rings is 1. The second-order valence-electron chi connectivity index (χ2n) is 10.4. The van der Waals surface area contributed by atoms with Crippen LogP contribution in [0.4, 0.5) is 24.5 Å². The van der Waals surface area contributed by atoms with Crippen LogP contribution in [-0.4, -0.2) is 94.4 Å². The summed E-state index contributed by atoms with van der Waals surface area (Å²) in [6.07, 6.45) is -3.22. The highest BCUT2D eigenvalue weighted by molar-refractivity contribution is 7.89. The van der Waals surface area contributed by atoms with E-state index in [2.05, 4.69) is 15.1 Å². The standard InChI is InChI=1S/C27H35ClF3N5O3S.CH4/c1-33(2)40(38,39)25-8-5-22(19-24(25)27(29,30)31)32-21-9-13-36(14-10-21)26(37)11-12-34-15-17-35(18-16-34)23-6-3-20(28)4-7-23;/h3-8,19,21,32H,9-18H2,1-2H3;1H4.